The van der Waals surface area contributed by atoms with E-state index in [1.807, 2.05) is 20.8 Å². The van der Waals surface area contributed by atoms with Gasteiger partial charge in [0.05, 0.1) is 0 Å². The monoisotopic (exact) mass is 242 g/mol. The lowest BCUT2D eigenvalue weighted by atomic mass is 9.95. The van der Waals surface area contributed by atoms with Crippen molar-refractivity contribution in [2.75, 3.05) is 7.11 Å². The number of aliphatic hydroxyl groups excluding tert-OH is 2. The molecule has 0 saturated carbocycles. The second kappa shape index (κ2) is 4.89. The maximum absolute atomic E-state index is 11.2. The van der Waals surface area contributed by atoms with Gasteiger partial charge in [-0.1, -0.05) is 32.9 Å². The third-order valence-corrected chi connectivity index (χ3v) is 2.21. The lowest BCUT2D eigenvalue weighted by Crippen LogP contribution is -2.20. The highest BCUT2D eigenvalue weighted by Gasteiger charge is 2.38. The predicted octanol–water partition coefficient (Wildman–Crippen LogP) is 1.29. The number of cyclic esters (lactones) is 1. The van der Waals surface area contributed by atoms with Crippen LogP contribution in [0.1, 0.15) is 20.8 Å². The zero-order valence-electron chi connectivity index (χ0n) is 10.4. The molecule has 0 radical (unpaired) electrons. The second-order valence-electron chi connectivity index (χ2n) is 4.96. The summed E-state index contributed by atoms with van der Waals surface area (Å²) >= 11 is 0. The number of aliphatic hydroxyl groups is 2. The molecule has 96 valence electrons. The van der Waals surface area contributed by atoms with Crippen LogP contribution >= 0.6 is 0 Å². The van der Waals surface area contributed by atoms with Crippen LogP contribution in [0.2, 0.25) is 0 Å². The fourth-order valence-electron chi connectivity index (χ4n) is 1.34. The van der Waals surface area contributed by atoms with Crippen LogP contribution in [0, 0.1) is 5.41 Å². The average Bonchev–Trinajstić information content (AvgIpc) is 2.49. The molecule has 0 fully saturated rings. The Morgan fingerprint density at radius 2 is 2.06 bits per heavy atom. The molecule has 0 saturated heterocycles. The minimum absolute atomic E-state index is 0.111. The minimum Gasteiger partial charge on any atom is -0.506 e. The Morgan fingerprint density at radius 1 is 1.47 bits per heavy atom. The maximum Gasteiger partial charge on any atom is 0.348 e. The van der Waals surface area contributed by atoms with Crippen LogP contribution in [-0.4, -0.2) is 35.5 Å². The first-order chi connectivity index (χ1) is 7.76. The molecule has 0 aromatic rings. The van der Waals surface area contributed by atoms with Crippen LogP contribution in [0.25, 0.3) is 0 Å². The van der Waals surface area contributed by atoms with Crippen molar-refractivity contribution in [1.29, 1.82) is 0 Å². The van der Waals surface area contributed by atoms with Gasteiger partial charge in [0.15, 0.2) is 11.5 Å². The smallest absolute Gasteiger partial charge is 0.348 e. The summed E-state index contributed by atoms with van der Waals surface area (Å²) in [6.07, 6.45) is 0.948. The highest BCUT2D eigenvalue weighted by atomic mass is 16.6. The lowest BCUT2D eigenvalue weighted by molar-refractivity contribution is -0.146. The van der Waals surface area contributed by atoms with E-state index in [1.54, 1.807) is 6.08 Å². The van der Waals surface area contributed by atoms with Crippen LogP contribution in [0.3, 0.4) is 0 Å². The molecule has 2 N–H and O–H groups in total. The van der Waals surface area contributed by atoms with Crippen molar-refractivity contribution in [2.24, 2.45) is 5.41 Å². The molecule has 0 aromatic heterocycles. The summed E-state index contributed by atoms with van der Waals surface area (Å²) in [5.41, 5.74) is -0.111. The molecule has 0 amide bonds. The van der Waals surface area contributed by atoms with Crippen molar-refractivity contribution in [3.05, 3.63) is 23.7 Å². The number of carbonyl (C=O) groups excluding carboxylic acids is 1. The maximum atomic E-state index is 11.2. The van der Waals surface area contributed by atoms with Gasteiger partial charge in [-0.15, -0.1) is 0 Å². The Balaban J connectivity index is 2.84. The molecule has 1 rings (SSSR count). The Bertz CT molecular complexity index is 362. The first kappa shape index (κ1) is 13.7. The van der Waals surface area contributed by atoms with Crippen molar-refractivity contribution >= 4 is 5.97 Å². The van der Waals surface area contributed by atoms with E-state index in [4.69, 9.17) is 9.47 Å². The molecule has 1 aliphatic heterocycles. The molecule has 0 bridgehead atoms. The molecule has 0 aliphatic carbocycles. The Kier molecular flexibility index (Phi) is 3.95. The number of allylic oxidation sites excluding steroid dienone is 1. The number of rotatable bonds is 3. The SMILES string of the molecule is CO[C@H]1C(=O)OC([C@H](O)C=CC(C)(C)C)=C1O. The summed E-state index contributed by atoms with van der Waals surface area (Å²) in [6.45, 7) is 5.88. The first-order valence-corrected chi connectivity index (χ1v) is 5.31. The number of ether oxygens (including phenoxy) is 2. The quantitative estimate of drug-likeness (QED) is 0.576. The molecular formula is C12H18O5. The number of esters is 1. The summed E-state index contributed by atoms with van der Waals surface area (Å²) in [6, 6.07) is 0. The highest BCUT2D eigenvalue weighted by Crippen LogP contribution is 2.25. The van der Waals surface area contributed by atoms with E-state index < -0.39 is 18.2 Å². The molecular weight excluding hydrogens is 224 g/mol. The predicted molar refractivity (Wildman–Crippen MR) is 61.1 cm³/mol. The zero-order valence-corrected chi connectivity index (χ0v) is 10.4. The molecule has 17 heavy (non-hydrogen) atoms. The van der Waals surface area contributed by atoms with Gasteiger partial charge < -0.3 is 19.7 Å². The van der Waals surface area contributed by atoms with Gasteiger partial charge in [0.25, 0.3) is 0 Å². The molecule has 0 unspecified atom stereocenters. The number of hydrogen-bond donors (Lipinski definition) is 2. The number of hydrogen-bond acceptors (Lipinski definition) is 5. The van der Waals surface area contributed by atoms with Crippen LogP contribution in [0.15, 0.2) is 23.7 Å². The molecule has 1 heterocycles. The minimum atomic E-state index is -1.15. The van der Waals surface area contributed by atoms with E-state index in [2.05, 4.69) is 0 Å². The van der Waals surface area contributed by atoms with E-state index in [1.165, 1.54) is 13.2 Å². The highest BCUT2D eigenvalue weighted by molar-refractivity contribution is 5.82. The third kappa shape index (κ3) is 3.31. The number of methoxy groups -OCH3 is 1. The van der Waals surface area contributed by atoms with Crippen molar-refractivity contribution in [1.82, 2.24) is 0 Å². The van der Waals surface area contributed by atoms with Gasteiger partial charge in [0, 0.05) is 7.11 Å². The zero-order chi connectivity index (χ0) is 13.2. The van der Waals surface area contributed by atoms with E-state index in [-0.39, 0.29) is 16.9 Å². The summed E-state index contributed by atoms with van der Waals surface area (Å²) in [5, 5.41) is 19.4. The summed E-state index contributed by atoms with van der Waals surface area (Å²) < 4.78 is 9.51. The normalized spacial score (nSPS) is 23.4. The van der Waals surface area contributed by atoms with Gasteiger partial charge in [-0.2, -0.15) is 0 Å². The van der Waals surface area contributed by atoms with Crippen molar-refractivity contribution in [3.63, 3.8) is 0 Å². The summed E-state index contributed by atoms with van der Waals surface area (Å²) in [4.78, 5) is 11.2. The average molecular weight is 242 g/mol. The Morgan fingerprint density at radius 3 is 2.47 bits per heavy atom. The molecule has 2 atom stereocenters. The van der Waals surface area contributed by atoms with E-state index in [0.29, 0.717) is 0 Å². The van der Waals surface area contributed by atoms with Gasteiger partial charge in [-0.05, 0) is 5.41 Å². The molecule has 0 aromatic carbocycles. The van der Waals surface area contributed by atoms with Gasteiger partial charge in [0.1, 0.15) is 6.10 Å². The topological polar surface area (TPSA) is 76.0 Å². The van der Waals surface area contributed by atoms with E-state index in [0.717, 1.165) is 0 Å². The van der Waals surface area contributed by atoms with Crippen LogP contribution < -0.4 is 0 Å². The fourth-order valence-corrected chi connectivity index (χ4v) is 1.34. The van der Waals surface area contributed by atoms with Crippen molar-refractivity contribution in [3.8, 4) is 0 Å². The van der Waals surface area contributed by atoms with Gasteiger partial charge in [-0.3, -0.25) is 0 Å². The third-order valence-electron chi connectivity index (χ3n) is 2.21. The summed E-state index contributed by atoms with van der Waals surface area (Å²) in [7, 11) is 1.28. The van der Waals surface area contributed by atoms with Crippen LogP contribution in [0.5, 0.6) is 0 Å². The van der Waals surface area contributed by atoms with Crippen molar-refractivity contribution in [2.45, 2.75) is 33.0 Å². The van der Waals surface area contributed by atoms with Gasteiger partial charge in [0.2, 0.25) is 6.10 Å². The Hall–Kier alpha value is -1.33. The first-order valence-electron chi connectivity index (χ1n) is 5.31. The second-order valence-corrected chi connectivity index (χ2v) is 4.96. The fraction of sp³-hybridized carbons (Fsp3) is 0.583. The lowest BCUT2D eigenvalue weighted by Gasteiger charge is -2.13. The van der Waals surface area contributed by atoms with Crippen molar-refractivity contribution < 1.29 is 24.5 Å². The molecule has 1 aliphatic rings. The standard InChI is InChI=1S/C12H18O5/c1-12(2,3)6-5-7(13)9-8(14)10(16-4)11(15)17-9/h5-7,10,13-14H,1-4H3/t7-,10-/m1/s1. The number of carbonyl (C=O) groups is 1. The van der Waals surface area contributed by atoms with Gasteiger partial charge in [-0.25, -0.2) is 4.79 Å². The van der Waals surface area contributed by atoms with Gasteiger partial charge >= 0.3 is 5.97 Å². The largest absolute Gasteiger partial charge is 0.506 e. The van der Waals surface area contributed by atoms with E-state index in [9.17, 15) is 15.0 Å². The molecule has 0 spiro atoms. The Labute approximate surface area is 100 Å². The summed E-state index contributed by atoms with van der Waals surface area (Å²) in [5.74, 6) is -1.26. The molecule has 5 heteroatoms. The van der Waals surface area contributed by atoms with Crippen LogP contribution in [0.4, 0.5) is 0 Å². The molecule has 5 nitrogen and oxygen atoms in total. The van der Waals surface area contributed by atoms with Crippen LogP contribution in [-0.2, 0) is 14.3 Å². The van der Waals surface area contributed by atoms with E-state index >= 15 is 0 Å².